The van der Waals surface area contributed by atoms with Crippen LogP contribution in [0.2, 0.25) is 0 Å². The third kappa shape index (κ3) is 1.36. The molecular formula is C9H12NO2S+. The maximum Gasteiger partial charge on any atom is 0.179 e. The minimum absolute atomic E-state index is 0.125. The van der Waals surface area contributed by atoms with E-state index in [-0.39, 0.29) is 11.8 Å². The van der Waals surface area contributed by atoms with Gasteiger partial charge < -0.3 is 5.73 Å². The fourth-order valence-corrected chi connectivity index (χ4v) is 3.36. The van der Waals surface area contributed by atoms with Gasteiger partial charge in [-0.3, -0.25) is 0 Å². The molecule has 0 aliphatic carbocycles. The number of hydrogen-bond acceptors (Lipinski definition) is 2. The summed E-state index contributed by atoms with van der Waals surface area (Å²) in [5, 5.41) is 0. The molecule has 0 radical (unpaired) electrons. The number of benzene rings is 1. The molecule has 0 bridgehead atoms. The summed E-state index contributed by atoms with van der Waals surface area (Å²) >= 11 is 0. The second-order valence-electron chi connectivity index (χ2n) is 3.34. The van der Waals surface area contributed by atoms with Crippen LogP contribution < -0.4 is 5.73 Å². The Labute approximate surface area is 77.5 Å². The van der Waals surface area contributed by atoms with Crippen LogP contribution in [0.25, 0.3) is 0 Å². The minimum Gasteiger partial charge on any atom is -0.351 e. The Morgan fingerprint density at radius 2 is 2.00 bits per heavy atom. The maximum absolute atomic E-state index is 11.6. The van der Waals surface area contributed by atoms with Crippen LogP contribution in [0.15, 0.2) is 29.2 Å². The average molecular weight is 198 g/mol. The summed E-state index contributed by atoms with van der Waals surface area (Å²) in [4.78, 5) is 0.473. The van der Waals surface area contributed by atoms with Crippen LogP contribution in [0.4, 0.5) is 0 Å². The number of sulfone groups is 1. The molecule has 4 heteroatoms. The smallest absolute Gasteiger partial charge is 0.179 e. The van der Waals surface area contributed by atoms with Crippen molar-refractivity contribution in [3.05, 3.63) is 29.8 Å². The molecule has 1 aliphatic heterocycles. The highest BCUT2D eigenvalue weighted by molar-refractivity contribution is 7.91. The second-order valence-corrected chi connectivity index (χ2v) is 5.42. The summed E-state index contributed by atoms with van der Waals surface area (Å²) in [6.45, 7) is 0. The van der Waals surface area contributed by atoms with Crippen LogP contribution >= 0.6 is 0 Å². The molecule has 0 saturated carbocycles. The highest BCUT2D eigenvalue weighted by Gasteiger charge is 2.29. The summed E-state index contributed by atoms with van der Waals surface area (Å²) in [5.74, 6) is 0.234. The number of rotatable bonds is 0. The Kier molecular flexibility index (Phi) is 1.89. The van der Waals surface area contributed by atoms with Crippen molar-refractivity contribution >= 4 is 9.84 Å². The van der Waals surface area contributed by atoms with Crippen molar-refractivity contribution in [1.29, 1.82) is 0 Å². The van der Waals surface area contributed by atoms with Crippen LogP contribution in [0.1, 0.15) is 18.0 Å². The molecule has 70 valence electrons. The quantitative estimate of drug-likeness (QED) is 0.645. The highest BCUT2D eigenvalue weighted by Crippen LogP contribution is 2.28. The van der Waals surface area contributed by atoms with E-state index in [1.807, 2.05) is 12.1 Å². The molecule has 1 aromatic rings. The molecule has 0 fully saturated rings. The summed E-state index contributed by atoms with van der Waals surface area (Å²) in [6, 6.07) is 7.26. The van der Waals surface area contributed by atoms with Gasteiger partial charge in [-0.15, -0.1) is 0 Å². The van der Waals surface area contributed by atoms with E-state index >= 15 is 0 Å². The Morgan fingerprint density at radius 3 is 2.69 bits per heavy atom. The van der Waals surface area contributed by atoms with Gasteiger partial charge in [0.15, 0.2) is 9.84 Å². The second kappa shape index (κ2) is 2.82. The van der Waals surface area contributed by atoms with Crippen molar-refractivity contribution in [2.75, 3.05) is 5.75 Å². The number of hydrogen-bond donors (Lipinski definition) is 1. The van der Waals surface area contributed by atoms with Gasteiger partial charge in [0.25, 0.3) is 0 Å². The van der Waals surface area contributed by atoms with E-state index in [2.05, 4.69) is 5.73 Å². The molecule has 1 aromatic carbocycles. The first-order valence-corrected chi connectivity index (χ1v) is 5.91. The van der Waals surface area contributed by atoms with E-state index in [0.717, 1.165) is 5.56 Å². The first-order chi connectivity index (χ1) is 6.11. The van der Waals surface area contributed by atoms with Gasteiger partial charge >= 0.3 is 0 Å². The molecule has 0 aromatic heterocycles. The van der Waals surface area contributed by atoms with Crippen LogP contribution in [0.3, 0.4) is 0 Å². The maximum atomic E-state index is 11.6. The third-order valence-corrected chi connectivity index (χ3v) is 4.24. The molecule has 1 atom stereocenters. The van der Waals surface area contributed by atoms with Gasteiger partial charge in [0, 0.05) is 12.0 Å². The van der Waals surface area contributed by atoms with E-state index in [1.54, 1.807) is 12.1 Å². The van der Waals surface area contributed by atoms with Crippen LogP contribution in [0.5, 0.6) is 0 Å². The molecule has 0 spiro atoms. The van der Waals surface area contributed by atoms with Crippen molar-refractivity contribution < 1.29 is 14.2 Å². The lowest BCUT2D eigenvalue weighted by atomic mass is 10.1. The Balaban J connectivity index is 2.68. The summed E-state index contributed by atoms with van der Waals surface area (Å²) in [7, 11) is -3.01. The number of quaternary nitrogens is 1. The molecule has 1 aliphatic rings. The first kappa shape index (κ1) is 8.72. The lowest BCUT2D eigenvalue weighted by Crippen LogP contribution is -2.55. The lowest BCUT2D eigenvalue weighted by Gasteiger charge is -2.19. The van der Waals surface area contributed by atoms with Gasteiger partial charge in [0.1, 0.15) is 6.04 Å². The monoisotopic (exact) mass is 198 g/mol. The zero-order chi connectivity index (χ0) is 9.47. The normalized spacial score (nSPS) is 25.2. The van der Waals surface area contributed by atoms with Crippen LogP contribution in [-0.4, -0.2) is 14.2 Å². The van der Waals surface area contributed by atoms with Gasteiger partial charge in [-0.1, -0.05) is 18.2 Å². The largest absolute Gasteiger partial charge is 0.351 e. The minimum atomic E-state index is -3.01. The summed E-state index contributed by atoms with van der Waals surface area (Å²) in [5.41, 5.74) is 4.81. The molecule has 1 heterocycles. The Morgan fingerprint density at radius 1 is 1.31 bits per heavy atom. The van der Waals surface area contributed by atoms with Crippen molar-refractivity contribution in [2.24, 2.45) is 0 Å². The first-order valence-electron chi connectivity index (χ1n) is 4.26. The van der Waals surface area contributed by atoms with E-state index < -0.39 is 9.84 Å². The van der Waals surface area contributed by atoms with Gasteiger partial charge in [-0.05, 0) is 6.07 Å². The van der Waals surface area contributed by atoms with Gasteiger partial charge in [0.2, 0.25) is 0 Å². The molecule has 3 nitrogen and oxygen atoms in total. The standard InChI is InChI=1S/C9H11NO2S/c10-8-5-6-13(11,12)9-4-2-1-3-7(8)9/h1-4,8H,5-6,10H2/p+1/t8-/m1/s1. The van der Waals surface area contributed by atoms with E-state index in [0.29, 0.717) is 11.3 Å². The van der Waals surface area contributed by atoms with E-state index in [4.69, 9.17) is 0 Å². The average Bonchev–Trinajstić information content (AvgIpc) is 2.13. The van der Waals surface area contributed by atoms with Gasteiger partial charge in [-0.2, -0.15) is 0 Å². The SMILES string of the molecule is [NH3+][C@@H]1CCS(=O)(=O)c2ccccc21. The molecule has 2 rings (SSSR count). The predicted octanol–water partition coefficient (Wildman–Crippen LogP) is 0.147. The fraction of sp³-hybridized carbons (Fsp3) is 0.333. The van der Waals surface area contributed by atoms with Crippen molar-refractivity contribution in [3.63, 3.8) is 0 Å². The summed E-state index contributed by atoms with van der Waals surface area (Å²) < 4.78 is 23.2. The van der Waals surface area contributed by atoms with Crippen LogP contribution in [0, 0.1) is 0 Å². The molecule has 3 N–H and O–H groups in total. The van der Waals surface area contributed by atoms with Crippen molar-refractivity contribution in [1.82, 2.24) is 0 Å². The summed E-state index contributed by atoms with van der Waals surface area (Å²) in [6.07, 6.45) is 0.638. The molecular weight excluding hydrogens is 186 g/mol. The zero-order valence-electron chi connectivity index (χ0n) is 7.23. The third-order valence-electron chi connectivity index (χ3n) is 2.43. The molecule has 0 amide bonds. The van der Waals surface area contributed by atoms with Crippen LogP contribution in [-0.2, 0) is 9.84 Å². The van der Waals surface area contributed by atoms with E-state index in [9.17, 15) is 8.42 Å². The number of fused-ring (bicyclic) bond motifs is 1. The highest BCUT2D eigenvalue weighted by atomic mass is 32.2. The molecule has 13 heavy (non-hydrogen) atoms. The van der Waals surface area contributed by atoms with Gasteiger partial charge in [-0.25, -0.2) is 8.42 Å². The van der Waals surface area contributed by atoms with E-state index in [1.165, 1.54) is 0 Å². The Bertz CT molecular complexity index is 425. The topological polar surface area (TPSA) is 61.8 Å². The van der Waals surface area contributed by atoms with Gasteiger partial charge in [0.05, 0.1) is 10.6 Å². The van der Waals surface area contributed by atoms with Crippen molar-refractivity contribution in [2.45, 2.75) is 17.4 Å². The lowest BCUT2D eigenvalue weighted by molar-refractivity contribution is -0.427. The van der Waals surface area contributed by atoms with Crippen molar-refractivity contribution in [3.8, 4) is 0 Å². The fourth-order valence-electron chi connectivity index (χ4n) is 1.66. The zero-order valence-corrected chi connectivity index (χ0v) is 8.05. The Hall–Kier alpha value is -0.870. The molecule has 0 unspecified atom stereocenters. The predicted molar refractivity (Wildman–Crippen MR) is 48.7 cm³/mol. The molecule has 0 saturated heterocycles.